The minimum Gasteiger partial charge on any atom is -0.502 e. The van der Waals surface area contributed by atoms with Crippen molar-refractivity contribution in [1.82, 2.24) is 0 Å². The molecule has 1 N–H and O–H groups in total. The van der Waals surface area contributed by atoms with E-state index < -0.39 is 16.4 Å². The minimum atomic E-state index is -0.674. The molecular weight excluding hydrogens is 256 g/mol. The standard InChI is InChI=1S/C12H15ClN2O3/c1-8(2)3-4-14-7-9-5-10(13)6-11(12(9)16)15(17)18/h5-8,16H,3-4H2,1-2H3. The van der Waals surface area contributed by atoms with Crippen LogP contribution in [0.1, 0.15) is 25.8 Å². The van der Waals surface area contributed by atoms with Gasteiger partial charge in [-0.25, -0.2) is 0 Å². The number of rotatable bonds is 5. The molecule has 0 unspecified atom stereocenters. The van der Waals surface area contributed by atoms with Crippen LogP contribution in [0, 0.1) is 16.0 Å². The predicted octanol–water partition coefficient (Wildman–Crippen LogP) is 3.42. The van der Waals surface area contributed by atoms with Crippen LogP contribution in [0.4, 0.5) is 5.69 Å². The molecule has 1 rings (SSSR count). The Labute approximate surface area is 110 Å². The first-order valence-electron chi connectivity index (χ1n) is 5.58. The predicted molar refractivity (Wildman–Crippen MR) is 71.7 cm³/mol. The molecule has 18 heavy (non-hydrogen) atoms. The van der Waals surface area contributed by atoms with E-state index in [0.29, 0.717) is 12.5 Å². The van der Waals surface area contributed by atoms with Gasteiger partial charge in [0.1, 0.15) is 0 Å². The van der Waals surface area contributed by atoms with Gasteiger partial charge in [-0.15, -0.1) is 0 Å². The smallest absolute Gasteiger partial charge is 0.312 e. The number of halogens is 1. The van der Waals surface area contributed by atoms with Crippen LogP contribution in [0.2, 0.25) is 5.02 Å². The molecule has 0 bridgehead atoms. The van der Waals surface area contributed by atoms with Gasteiger partial charge in [-0.3, -0.25) is 15.1 Å². The van der Waals surface area contributed by atoms with Crippen LogP contribution >= 0.6 is 11.6 Å². The third-order valence-corrected chi connectivity index (χ3v) is 2.56. The van der Waals surface area contributed by atoms with E-state index in [1.165, 1.54) is 12.3 Å². The Morgan fingerprint density at radius 3 is 2.78 bits per heavy atom. The van der Waals surface area contributed by atoms with Gasteiger partial charge in [0.25, 0.3) is 0 Å². The molecule has 0 heterocycles. The Morgan fingerprint density at radius 1 is 1.56 bits per heavy atom. The summed E-state index contributed by atoms with van der Waals surface area (Å²) in [5, 5.41) is 20.6. The fraction of sp³-hybridized carbons (Fsp3) is 0.417. The Morgan fingerprint density at radius 2 is 2.22 bits per heavy atom. The highest BCUT2D eigenvalue weighted by Gasteiger charge is 2.17. The van der Waals surface area contributed by atoms with E-state index in [1.54, 1.807) is 0 Å². The van der Waals surface area contributed by atoms with Gasteiger partial charge in [-0.2, -0.15) is 0 Å². The zero-order valence-electron chi connectivity index (χ0n) is 10.3. The van der Waals surface area contributed by atoms with Crippen LogP contribution in [-0.4, -0.2) is 22.8 Å². The van der Waals surface area contributed by atoms with Crippen molar-refractivity contribution in [2.75, 3.05) is 6.54 Å². The molecule has 0 saturated heterocycles. The van der Waals surface area contributed by atoms with Crippen molar-refractivity contribution in [1.29, 1.82) is 0 Å². The van der Waals surface area contributed by atoms with Crippen LogP contribution in [0.5, 0.6) is 5.75 Å². The Hall–Kier alpha value is -1.62. The number of nitrogens with zero attached hydrogens (tertiary/aromatic N) is 2. The summed E-state index contributed by atoms with van der Waals surface area (Å²) in [5.41, 5.74) is -0.147. The maximum Gasteiger partial charge on any atom is 0.312 e. The van der Waals surface area contributed by atoms with Crippen molar-refractivity contribution >= 4 is 23.5 Å². The van der Waals surface area contributed by atoms with Crippen LogP contribution in [0.25, 0.3) is 0 Å². The molecule has 5 nitrogen and oxygen atoms in total. The fourth-order valence-electron chi connectivity index (χ4n) is 1.34. The van der Waals surface area contributed by atoms with E-state index in [-0.39, 0.29) is 10.6 Å². The summed E-state index contributed by atoms with van der Waals surface area (Å²) >= 11 is 5.75. The zero-order chi connectivity index (χ0) is 13.7. The molecule has 0 aliphatic rings. The highest BCUT2D eigenvalue weighted by Crippen LogP contribution is 2.32. The number of aromatic hydroxyl groups is 1. The fourth-order valence-corrected chi connectivity index (χ4v) is 1.56. The number of phenols is 1. The normalized spacial score (nSPS) is 11.3. The number of nitro benzene ring substituents is 1. The molecule has 0 atom stereocenters. The van der Waals surface area contributed by atoms with Gasteiger partial charge >= 0.3 is 5.69 Å². The molecule has 6 heteroatoms. The summed E-state index contributed by atoms with van der Waals surface area (Å²) in [7, 11) is 0. The third-order valence-electron chi connectivity index (χ3n) is 2.35. The second-order valence-electron chi connectivity index (χ2n) is 4.34. The number of benzene rings is 1. The average molecular weight is 271 g/mol. The molecule has 0 radical (unpaired) electrons. The van der Waals surface area contributed by atoms with Gasteiger partial charge < -0.3 is 5.11 Å². The number of hydrogen-bond acceptors (Lipinski definition) is 4. The molecule has 0 saturated carbocycles. The van der Waals surface area contributed by atoms with Crippen LogP contribution < -0.4 is 0 Å². The second-order valence-corrected chi connectivity index (χ2v) is 4.77. The number of nitro groups is 1. The first-order valence-corrected chi connectivity index (χ1v) is 5.96. The summed E-state index contributed by atoms with van der Waals surface area (Å²) < 4.78 is 0. The molecule has 0 spiro atoms. The van der Waals surface area contributed by atoms with Crippen molar-refractivity contribution < 1.29 is 10.0 Å². The Balaban J connectivity index is 2.92. The number of phenolic OH excluding ortho intramolecular Hbond substituents is 1. The van der Waals surface area contributed by atoms with Gasteiger partial charge in [0.05, 0.1) is 4.92 Å². The van der Waals surface area contributed by atoms with Crippen molar-refractivity contribution in [2.45, 2.75) is 20.3 Å². The van der Waals surface area contributed by atoms with Crippen LogP contribution in [0.3, 0.4) is 0 Å². The molecule has 0 aliphatic heterocycles. The highest BCUT2D eigenvalue weighted by atomic mass is 35.5. The van der Waals surface area contributed by atoms with Crippen LogP contribution in [0.15, 0.2) is 17.1 Å². The van der Waals surface area contributed by atoms with Crippen molar-refractivity contribution in [2.24, 2.45) is 10.9 Å². The van der Waals surface area contributed by atoms with Crippen molar-refractivity contribution in [3.63, 3.8) is 0 Å². The summed E-state index contributed by atoms with van der Waals surface area (Å²) in [6.45, 7) is 4.77. The molecule has 1 aromatic carbocycles. The lowest BCUT2D eigenvalue weighted by molar-refractivity contribution is -0.385. The maximum absolute atomic E-state index is 10.7. The lowest BCUT2D eigenvalue weighted by Crippen LogP contribution is -1.94. The van der Waals surface area contributed by atoms with Gasteiger partial charge in [0.15, 0.2) is 0 Å². The molecule has 1 aromatic rings. The highest BCUT2D eigenvalue weighted by molar-refractivity contribution is 6.31. The third kappa shape index (κ3) is 4.00. The molecule has 0 aromatic heterocycles. The van der Waals surface area contributed by atoms with E-state index in [2.05, 4.69) is 18.8 Å². The van der Waals surface area contributed by atoms with Crippen LogP contribution in [-0.2, 0) is 0 Å². The van der Waals surface area contributed by atoms with Gasteiger partial charge in [0, 0.05) is 29.4 Å². The average Bonchev–Trinajstić information content (AvgIpc) is 2.27. The number of aliphatic imine (C=N–C) groups is 1. The van der Waals surface area contributed by atoms with Gasteiger partial charge in [-0.05, 0) is 18.4 Å². The molecular formula is C12H15ClN2O3. The number of hydrogen-bond donors (Lipinski definition) is 1. The van der Waals surface area contributed by atoms with Gasteiger partial charge in [-0.1, -0.05) is 25.4 Å². The first kappa shape index (κ1) is 14.4. The Kier molecular flexibility index (Phi) is 5.09. The minimum absolute atomic E-state index is 0.199. The van der Waals surface area contributed by atoms with E-state index in [1.807, 2.05) is 0 Å². The second kappa shape index (κ2) is 6.35. The van der Waals surface area contributed by atoms with Gasteiger partial charge in [0.2, 0.25) is 5.75 Å². The van der Waals surface area contributed by atoms with Crippen molar-refractivity contribution in [3.8, 4) is 5.75 Å². The topological polar surface area (TPSA) is 75.7 Å². The van der Waals surface area contributed by atoms with E-state index in [9.17, 15) is 15.2 Å². The summed E-state index contributed by atoms with van der Waals surface area (Å²) in [5.74, 6) is 0.127. The lowest BCUT2D eigenvalue weighted by Gasteiger charge is -2.02. The maximum atomic E-state index is 10.7. The molecule has 0 aliphatic carbocycles. The largest absolute Gasteiger partial charge is 0.502 e. The molecule has 0 fully saturated rings. The lowest BCUT2D eigenvalue weighted by atomic mass is 10.1. The quantitative estimate of drug-likeness (QED) is 0.506. The zero-order valence-corrected chi connectivity index (χ0v) is 11.0. The van der Waals surface area contributed by atoms with E-state index >= 15 is 0 Å². The van der Waals surface area contributed by atoms with E-state index in [4.69, 9.17) is 11.6 Å². The monoisotopic (exact) mass is 270 g/mol. The summed E-state index contributed by atoms with van der Waals surface area (Å²) in [6.07, 6.45) is 2.33. The Bertz CT molecular complexity index is 473. The SMILES string of the molecule is CC(C)CCN=Cc1cc(Cl)cc([N+](=O)[O-])c1O. The van der Waals surface area contributed by atoms with Crippen molar-refractivity contribution in [3.05, 3.63) is 32.8 Å². The van der Waals surface area contributed by atoms with E-state index in [0.717, 1.165) is 12.5 Å². The summed E-state index contributed by atoms with van der Waals surface area (Å²) in [4.78, 5) is 14.1. The first-order chi connectivity index (χ1) is 8.41. The summed E-state index contributed by atoms with van der Waals surface area (Å²) in [6, 6.07) is 2.56. The molecule has 0 amide bonds. The molecule has 98 valence electrons.